The molecule has 7 nitrogen and oxygen atoms in total. The molecule has 1 aliphatic rings. The van der Waals surface area contributed by atoms with Crippen molar-refractivity contribution in [2.45, 2.75) is 31.5 Å². The lowest BCUT2D eigenvalue weighted by molar-refractivity contribution is -0.130. The molecule has 34 heavy (non-hydrogen) atoms. The SMILES string of the molecule is CCc1ccccc1-n1cnnc1SCC(=O)N1CCN(C(C)c2nc3ccccc3s2)CC1. The number of carbonyl (C=O) groups excluding carboxylic acids is 1. The van der Waals surface area contributed by atoms with Gasteiger partial charge in [0.15, 0.2) is 5.16 Å². The molecule has 1 amide bonds. The van der Waals surface area contributed by atoms with Gasteiger partial charge in [-0.3, -0.25) is 14.3 Å². The summed E-state index contributed by atoms with van der Waals surface area (Å²) in [6, 6.07) is 16.8. The summed E-state index contributed by atoms with van der Waals surface area (Å²) in [6.45, 7) is 7.53. The van der Waals surface area contributed by atoms with Crippen LogP contribution in [0.2, 0.25) is 0 Å². The van der Waals surface area contributed by atoms with E-state index in [2.05, 4.69) is 59.3 Å². The van der Waals surface area contributed by atoms with Gasteiger partial charge < -0.3 is 4.90 Å². The van der Waals surface area contributed by atoms with Crippen molar-refractivity contribution < 1.29 is 4.79 Å². The number of thioether (sulfide) groups is 1. The van der Waals surface area contributed by atoms with E-state index < -0.39 is 0 Å². The van der Waals surface area contributed by atoms with E-state index in [0.717, 1.165) is 54.0 Å². The largest absolute Gasteiger partial charge is 0.339 e. The van der Waals surface area contributed by atoms with Crippen LogP contribution >= 0.6 is 23.1 Å². The lowest BCUT2D eigenvalue weighted by Crippen LogP contribution is -2.49. The molecule has 0 radical (unpaired) electrons. The van der Waals surface area contributed by atoms with Crippen LogP contribution in [0.25, 0.3) is 15.9 Å². The van der Waals surface area contributed by atoms with Crippen LogP contribution in [0.15, 0.2) is 60.0 Å². The minimum atomic E-state index is 0.149. The molecule has 176 valence electrons. The van der Waals surface area contributed by atoms with Gasteiger partial charge >= 0.3 is 0 Å². The molecule has 0 bridgehead atoms. The van der Waals surface area contributed by atoms with Crippen molar-refractivity contribution in [3.8, 4) is 5.69 Å². The summed E-state index contributed by atoms with van der Waals surface area (Å²) in [5, 5.41) is 10.2. The van der Waals surface area contributed by atoms with Gasteiger partial charge in [0, 0.05) is 26.2 Å². The third-order valence-corrected chi connectivity index (χ3v) is 8.49. The fourth-order valence-corrected chi connectivity index (χ4v) is 6.21. The first-order chi connectivity index (χ1) is 16.6. The number of piperazine rings is 1. The normalized spacial score (nSPS) is 15.6. The van der Waals surface area contributed by atoms with E-state index in [0.29, 0.717) is 5.75 Å². The number of rotatable bonds is 7. The Hall–Kier alpha value is -2.75. The second-order valence-electron chi connectivity index (χ2n) is 8.37. The summed E-state index contributed by atoms with van der Waals surface area (Å²) in [4.78, 5) is 22.2. The summed E-state index contributed by atoms with van der Waals surface area (Å²) in [5.74, 6) is 0.510. The van der Waals surface area contributed by atoms with E-state index >= 15 is 0 Å². The van der Waals surface area contributed by atoms with Crippen LogP contribution in [0.1, 0.15) is 30.5 Å². The molecule has 9 heteroatoms. The molecule has 0 N–H and O–H groups in total. The Morgan fingerprint density at radius 3 is 2.65 bits per heavy atom. The maximum atomic E-state index is 12.9. The topological polar surface area (TPSA) is 67.2 Å². The highest BCUT2D eigenvalue weighted by Gasteiger charge is 2.26. The summed E-state index contributed by atoms with van der Waals surface area (Å²) in [6.07, 6.45) is 2.65. The smallest absolute Gasteiger partial charge is 0.233 e. The van der Waals surface area contributed by atoms with Crippen molar-refractivity contribution in [3.63, 3.8) is 0 Å². The number of amides is 1. The van der Waals surface area contributed by atoms with Crippen LogP contribution in [0.4, 0.5) is 0 Å². The second kappa shape index (κ2) is 10.2. The van der Waals surface area contributed by atoms with Crippen molar-refractivity contribution >= 4 is 39.2 Å². The molecule has 1 aliphatic heterocycles. The van der Waals surface area contributed by atoms with E-state index in [4.69, 9.17) is 4.98 Å². The molecule has 3 heterocycles. The number of aromatic nitrogens is 4. The Bertz CT molecular complexity index is 1240. The van der Waals surface area contributed by atoms with Gasteiger partial charge in [0.1, 0.15) is 11.3 Å². The Kier molecular flexibility index (Phi) is 6.94. The molecule has 2 aromatic carbocycles. The van der Waals surface area contributed by atoms with Crippen molar-refractivity contribution in [3.05, 3.63) is 65.4 Å². The number of hydrogen-bond donors (Lipinski definition) is 0. The van der Waals surface area contributed by atoms with Crippen molar-refractivity contribution in [1.29, 1.82) is 0 Å². The lowest BCUT2D eigenvalue weighted by Gasteiger charge is -2.37. The van der Waals surface area contributed by atoms with Gasteiger partial charge in [-0.05, 0) is 37.1 Å². The third-order valence-electron chi connectivity index (χ3n) is 6.36. The zero-order valence-corrected chi connectivity index (χ0v) is 21.1. The average molecular weight is 493 g/mol. The summed E-state index contributed by atoms with van der Waals surface area (Å²) < 4.78 is 3.21. The highest BCUT2D eigenvalue weighted by atomic mass is 32.2. The van der Waals surface area contributed by atoms with Crippen molar-refractivity contribution in [1.82, 2.24) is 29.5 Å². The van der Waals surface area contributed by atoms with Crippen LogP contribution in [0, 0.1) is 0 Å². The molecule has 4 aromatic rings. The Labute approximate surface area is 207 Å². The minimum Gasteiger partial charge on any atom is -0.339 e. The molecule has 1 saturated heterocycles. The molecule has 2 aromatic heterocycles. The van der Waals surface area contributed by atoms with Crippen LogP contribution in [0.5, 0.6) is 0 Å². The zero-order chi connectivity index (χ0) is 23.5. The minimum absolute atomic E-state index is 0.149. The van der Waals surface area contributed by atoms with Gasteiger partial charge in [-0.25, -0.2) is 4.98 Å². The van der Waals surface area contributed by atoms with Gasteiger partial charge in [0.05, 0.1) is 27.7 Å². The number of aryl methyl sites for hydroxylation is 1. The van der Waals surface area contributed by atoms with Gasteiger partial charge in [-0.1, -0.05) is 49.0 Å². The first-order valence-corrected chi connectivity index (χ1v) is 13.4. The molecule has 0 aliphatic carbocycles. The molecule has 0 spiro atoms. The number of thiazole rings is 1. The molecule has 1 fully saturated rings. The van der Waals surface area contributed by atoms with E-state index in [1.54, 1.807) is 17.7 Å². The second-order valence-corrected chi connectivity index (χ2v) is 10.4. The summed E-state index contributed by atoms with van der Waals surface area (Å²) >= 11 is 3.21. The maximum absolute atomic E-state index is 12.9. The van der Waals surface area contributed by atoms with E-state index in [9.17, 15) is 4.79 Å². The monoisotopic (exact) mass is 492 g/mol. The first-order valence-electron chi connectivity index (χ1n) is 11.6. The van der Waals surface area contributed by atoms with Gasteiger partial charge in [-0.15, -0.1) is 21.5 Å². The van der Waals surface area contributed by atoms with Crippen LogP contribution in [0.3, 0.4) is 0 Å². The van der Waals surface area contributed by atoms with Crippen LogP contribution in [-0.2, 0) is 11.2 Å². The molecule has 0 saturated carbocycles. The van der Waals surface area contributed by atoms with Crippen molar-refractivity contribution in [2.24, 2.45) is 0 Å². The third kappa shape index (κ3) is 4.73. The fraction of sp³-hybridized carbons (Fsp3) is 0.360. The number of fused-ring (bicyclic) bond motifs is 1. The molecule has 5 rings (SSSR count). The predicted molar refractivity (Wildman–Crippen MR) is 138 cm³/mol. The van der Waals surface area contributed by atoms with Crippen LogP contribution < -0.4 is 0 Å². The van der Waals surface area contributed by atoms with Crippen molar-refractivity contribution in [2.75, 3.05) is 31.9 Å². The number of nitrogens with zero attached hydrogens (tertiary/aromatic N) is 6. The maximum Gasteiger partial charge on any atom is 0.233 e. The Balaban J connectivity index is 1.17. The van der Waals surface area contributed by atoms with Gasteiger partial charge in [-0.2, -0.15) is 0 Å². The number of hydrogen-bond acceptors (Lipinski definition) is 7. The summed E-state index contributed by atoms with van der Waals surface area (Å²) in [5.41, 5.74) is 3.37. The van der Waals surface area contributed by atoms with Crippen LogP contribution in [-0.4, -0.2) is 67.4 Å². The Morgan fingerprint density at radius 2 is 1.85 bits per heavy atom. The number of carbonyl (C=O) groups is 1. The highest BCUT2D eigenvalue weighted by molar-refractivity contribution is 7.99. The van der Waals surface area contributed by atoms with Gasteiger partial charge in [0.2, 0.25) is 5.91 Å². The first kappa shape index (κ1) is 23.0. The highest BCUT2D eigenvalue weighted by Crippen LogP contribution is 2.30. The van der Waals surface area contributed by atoms with E-state index in [1.165, 1.54) is 22.0 Å². The fourth-order valence-electron chi connectivity index (χ4n) is 4.33. The molecule has 1 atom stereocenters. The Morgan fingerprint density at radius 1 is 1.09 bits per heavy atom. The zero-order valence-electron chi connectivity index (χ0n) is 19.4. The van der Waals surface area contributed by atoms with E-state index in [-0.39, 0.29) is 11.9 Å². The molecular weight excluding hydrogens is 464 g/mol. The standard InChI is InChI=1S/C25H28N6OS2/c1-3-19-8-4-6-10-21(19)31-17-26-28-25(31)33-16-23(32)30-14-12-29(13-15-30)18(2)24-27-20-9-5-7-11-22(20)34-24/h4-11,17-18H,3,12-16H2,1-2H3. The summed E-state index contributed by atoms with van der Waals surface area (Å²) in [7, 11) is 0. The van der Waals surface area contributed by atoms with Gasteiger partial charge in [0.25, 0.3) is 0 Å². The lowest BCUT2D eigenvalue weighted by atomic mass is 10.1. The van der Waals surface area contributed by atoms with E-state index in [1.807, 2.05) is 27.7 Å². The molecular formula is C25H28N6OS2. The molecule has 1 unspecified atom stereocenters. The predicted octanol–water partition coefficient (Wildman–Crippen LogP) is 4.44. The number of benzene rings is 2. The number of para-hydroxylation sites is 2. The quantitative estimate of drug-likeness (QED) is 0.356. The average Bonchev–Trinajstić information content (AvgIpc) is 3.54.